The zero-order chi connectivity index (χ0) is 12.1. The van der Waals surface area contributed by atoms with E-state index in [1.165, 1.54) is 65.1 Å². The standard InChI is InChI=1S/C14H29N3/c1-3-17(4-2)14-7-10-16(12-14)11-13-5-8-15-9-6-13/h13-15H,3-12H2,1-2H3. The van der Waals surface area contributed by atoms with E-state index in [1.807, 2.05) is 0 Å². The van der Waals surface area contributed by atoms with Gasteiger partial charge >= 0.3 is 0 Å². The van der Waals surface area contributed by atoms with Crippen molar-refractivity contribution in [1.82, 2.24) is 15.1 Å². The SMILES string of the molecule is CCN(CC)C1CCN(CC2CCNCC2)C1. The van der Waals surface area contributed by atoms with Crippen LogP contribution in [0.5, 0.6) is 0 Å². The molecular weight excluding hydrogens is 210 g/mol. The Hall–Kier alpha value is -0.120. The molecule has 17 heavy (non-hydrogen) atoms. The van der Waals surface area contributed by atoms with Crippen LogP contribution in [0, 0.1) is 5.92 Å². The van der Waals surface area contributed by atoms with Gasteiger partial charge in [-0.2, -0.15) is 0 Å². The topological polar surface area (TPSA) is 18.5 Å². The first-order valence-electron chi connectivity index (χ1n) is 7.50. The van der Waals surface area contributed by atoms with Gasteiger partial charge in [-0.25, -0.2) is 0 Å². The first-order chi connectivity index (χ1) is 8.33. The molecule has 2 fully saturated rings. The Morgan fingerprint density at radius 3 is 2.47 bits per heavy atom. The molecule has 0 aliphatic carbocycles. The van der Waals surface area contributed by atoms with Crippen LogP contribution in [-0.2, 0) is 0 Å². The fraction of sp³-hybridized carbons (Fsp3) is 1.00. The molecule has 100 valence electrons. The fourth-order valence-electron chi connectivity index (χ4n) is 3.45. The third kappa shape index (κ3) is 3.67. The lowest BCUT2D eigenvalue weighted by Gasteiger charge is -2.29. The third-order valence-electron chi connectivity index (χ3n) is 4.55. The molecule has 2 aliphatic rings. The number of hydrogen-bond acceptors (Lipinski definition) is 3. The number of piperidine rings is 1. The monoisotopic (exact) mass is 239 g/mol. The van der Waals surface area contributed by atoms with Gasteiger partial charge in [0.05, 0.1) is 0 Å². The summed E-state index contributed by atoms with van der Waals surface area (Å²) in [5.74, 6) is 0.951. The van der Waals surface area contributed by atoms with Crippen LogP contribution in [0.1, 0.15) is 33.1 Å². The van der Waals surface area contributed by atoms with Crippen molar-refractivity contribution >= 4 is 0 Å². The molecule has 2 aliphatic heterocycles. The van der Waals surface area contributed by atoms with E-state index in [0.717, 1.165) is 12.0 Å². The van der Waals surface area contributed by atoms with Crippen LogP contribution in [0.4, 0.5) is 0 Å². The molecule has 0 radical (unpaired) electrons. The van der Waals surface area contributed by atoms with Gasteiger partial charge in [-0.3, -0.25) is 4.90 Å². The maximum atomic E-state index is 3.46. The first kappa shape index (κ1) is 13.3. The molecule has 0 aromatic rings. The molecule has 0 spiro atoms. The number of hydrogen-bond donors (Lipinski definition) is 1. The Labute approximate surface area is 107 Å². The fourth-order valence-corrected chi connectivity index (χ4v) is 3.45. The van der Waals surface area contributed by atoms with Gasteiger partial charge in [-0.15, -0.1) is 0 Å². The van der Waals surface area contributed by atoms with E-state index in [4.69, 9.17) is 0 Å². The summed E-state index contributed by atoms with van der Waals surface area (Å²) in [6.45, 7) is 13.5. The van der Waals surface area contributed by atoms with Gasteiger partial charge in [-0.05, 0) is 57.9 Å². The molecule has 2 saturated heterocycles. The van der Waals surface area contributed by atoms with Gasteiger partial charge in [0.25, 0.3) is 0 Å². The molecule has 0 aromatic carbocycles. The maximum absolute atomic E-state index is 3.46. The highest BCUT2D eigenvalue weighted by Gasteiger charge is 2.27. The minimum absolute atomic E-state index is 0.826. The molecule has 0 amide bonds. The highest BCUT2D eigenvalue weighted by atomic mass is 15.2. The lowest BCUT2D eigenvalue weighted by Crippen LogP contribution is -2.39. The van der Waals surface area contributed by atoms with Crippen LogP contribution in [0.3, 0.4) is 0 Å². The second kappa shape index (κ2) is 6.72. The maximum Gasteiger partial charge on any atom is 0.0235 e. The molecule has 0 saturated carbocycles. The number of likely N-dealkylation sites (tertiary alicyclic amines) is 1. The van der Waals surface area contributed by atoms with Gasteiger partial charge in [-0.1, -0.05) is 13.8 Å². The minimum Gasteiger partial charge on any atom is -0.317 e. The first-order valence-corrected chi connectivity index (χ1v) is 7.50. The largest absolute Gasteiger partial charge is 0.317 e. The van der Waals surface area contributed by atoms with Crippen molar-refractivity contribution in [2.24, 2.45) is 5.92 Å². The van der Waals surface area contributed by atoms with Crippen molar-refractivity contribution in [2.45, 2.75) is 39.2 Å². The van der Waals surface area contributed by atoms with Crippen LogP contribution >= 0.6 is 0 Å². The van der Waals surface area contributed by atoms with Crippen LogP contribution < -0.4 is 5.32 Å². The second-order valence-corrected chi connectivity index (χ2v) is 5.62. The number of rotatable bonds is 5. The summed E-state index contributed by atoms with van der Waals surface area (Å²) >= 11 is 0. The van der Waals surface area contributed by atoms with Gasteiger partial charge in [0.15, 0.2) is 0 Å². The molecule has 0 aromatic heterocycles. The van der Waals surface area contributed by atoms with Crippen molar-refractivity contribution < 1.29 is 0 Å². The van der Waals surface area contributed by atoms with E-state index >= 15 is 0 Å². The van der Waals surface area contributed by atoms with Gasteiger partial charge < -0.3 is 10.2 Å². The van der Waals surface area contributed by atoms with E-state index in [9.17, 15) is 0 Å². The van der Waals surface area contributed by atoms with Crippen LogP contribution in [0.15, 0.2) is 0 Å². The molecule has 2 heterocycles. The predicted molar refractivity (Wildman–Crippen MR) is 73.4 cm³/mol. The number of nitrogens with zero attached hydrogens (tertiary/aromatic N) is 2. The van der Waals surface area contributed by atoms with Gasteiger partial charge in [0.2, 0.25) is 0 Å². The Bertz CT molecular complexity index is 210. The number of nitrogens with one attached hydrogen (secondary N) is 1. The van der Waals surface area contributed by atoms with Crippen molar-refractivity contribution in [3.63, 3.8) is 0 Å². The van der Waals surface area contributed by atoms with Crippen LogP contribution in [0.2, 0.25) is 0 Å². The Balaban J connectivity index is 1.73. The molecule has 2 rings (SSSR count). The average Bonchev–Trinajstić information content (AvgIpc) is 2.81. The molecule has 0 bridgehead atoms. The van der Waals surface area contributed by atoms with E-state index in [1.54, 1.807) is 0 Å². The molecule has 3 nitrogen and oxygen atoms in total. The zero-order valence-electron chi connectivity index (χ0n) is 11.6. The minimum atomic E-state index is 0.826. The molecular formula is C14H29N3. The molecule has 3 heteroatoms. The second-order valence-electron chi connectivity index (χ2n) is 5.62. The van der Waals surface area contributed by atoms with E-state index in [2.05, 4.69) is 29.0 Å². The summed E-state index contributed by atoms with van der Waals surface area (Å²) in [5.41, 5.74) is 0. The molecule has 1 atom stereocenters. The smallest absolute Gasteiger partial charge is 0.0235 e. The van der Waals surface area contributed by atoms with Crippen LogP contribution in [-0.4, -0.2) is 61.7 Å². The van der Waals surface area contributed by atoms with Crippen molar-refractivity contribution in [3.05, 3.63) is 0 Å². The Morgan fingerprint density at radius 2 is 1.82 bits per heavy atom. The summed E-state index contributed by atoms with van der Waals surface area (Å²) in [7, 11) is 0. The predicted octanol–water partition coefficient (Wildman–Crippen LogP) is 1.40. The Morgan fingerprint density at radius 1 is 1.12 bits per heavy atom. The summed E-state index contributed by atoms with van der Waals surface area (Å²) in [4.78, 5) is 5.33. The quantitative estimate of drug-likeness (QED) is 0.782. The average molecular weight is 239 g/mol. The summed E-state index contributed by atoms with van der Waals surface area (Å²) in [6.07, 6.45) is 4.14. The normalized spacial score (nSPS) is 28.1. The molecule has 1 unspecified atom stereocenters. The third-order valence-corrected chi connectivity index (χ3v) is 4.55. The highest BCUT2D eigenvalue weighted by molar-refractivity contribution is 4.84. The highest BCUT2D eigenvalue weighted by Crippen LogP contribution is 2.20. The van der Waals surface area contributed by atoms with Crippen LogP contribution in [0.25, 0.3) is 0 Å². The van der Waals surface area contributed by atoms with Crippen molar-refractivity contribution in [2.75, 3.05) is 45.8 Å². The lowest BCUT2D eigenvalue weighted by atomic mass is 9.98. The van der Waals surface area contributed by atoms with E-state index < -0.39 is 0 Å². The number of likely N-dealkylation sites (N-methyl/N-ethyl adjacent to an activating group) is 1. The van der Waals surface area contributed by atoms with Crippen molar-refractivity contribution in [3.8, 4) is 0 Å². The zero-order valence-corrected chi connectivity index (χ0v) is 11.6. The summed E-state index contributed by atoms with van der Waals surface area (Å²) in [5, 5.41) is 3.46. The van der Waals surface area contributed by atoms with Crippen molar-refractivity contribution in [1.29, 1.82) is 0 Å². The molecule has 1 N–H and O–H groups in total. The lowest BCUT2D eigenvalue weighted by molar-refractivity contribution is 0.193. The van der Waals surface area contributed by atoms with E-state index in [0.29, 0.717) is 0 Å². The summed E-state index contributed by atoms with van der Waals surface area (Å²) in [6, 6.07) is 0.826. The summed E-state index contributed by atoms with van der Waals surface area (Å²) < 4.78 is 0. The van der Waals surface area contributed by atoms with E-state index in [-0.39, 0.29) is 0 Å². The van der Waals surface area contributed by atoms with Gasteiger partial charge in [0, 0.05) is 19.1 Å². The van der Waals surface area contributed by atoms with Gasteiger partial charge in [0.1, 0.15) is 0 Å². The Kier molecular flexibility index (Phi) is 5.26.